The molecule has 0 saturated carbocycles. The first-order chi connectivity index (χ1) is 12.0. The van der Waals surface area contributed by atoms with Gasteiger partial charge >= 0.3 is 0 Å². The molecule has 7 heteroatoms. The Labute approximate surface area is 157 Å². The second kappa shape index (κ2) is 7.77. The van der Waals surface area contributed by atoms with Gasteiger partial charge in [0.05, 0.1) is 22.8 Å². The van der Waals surface area contributed by atoms with Crippen molar-refractivity contribution in [3.63, 3.8) is 0 Å². The SMILES string of the molecule is Cc1nn(-c2ccc(Cl)cc2Cl)c(C)c1CC(=O)NC1CCNCC1. The number of nitrogens with one attached hydrogen (secondary N) is 2. The molecule has 2 heterocycles. The Kier molecular flexibility index (Phi) is 5.67. The van der Waals surface area contributed by atoms with Gasteiger partial charge in [0.15, 0.2) is 0 Å². The quantitative estimate of drug-likeness (QED) is 0.855. The van der Waals surface area contributed by atoms with Gasteiger partial charge in [-0.1, -0.05) is 23.2 Å². The molecule has 0 unspecified atom stereocenters. The zero-order chi connectivity index (χ0) is 18.0. The van der Waals surface area contributed by atoms with Crippen LogP contribution in [0.4, 0.5) is 0 Å². The van der Waals surface area contributed by atoms with Gasteiger partial charge in [-0.15, -0.1) is 0 Å². The van der Waals surface area contributed by atoms with Crippen molar-refractivity contribution in [1.82, 2.24) is 20.4 Å². The van der Waals surface area contributed by atoms with Crippen molar-refractivity contribution in [2.45, 2.75) is 39.2 Å². The zero-order valence-corrected chi connectivity index (χ0v) is 15.9. The Balaban J connectivity index is 1.78. The van der Waals surface area contributed by atoms with Crippen molar-refractivity contribution < 1.29 is 4.79 Å². The van der Waals surface area contributed by atoms with E-state index < -0.39 is 0 Å². The normalized spacial score (nSPS) is 15.4. The van der Waals surface area contributed by atoms with Crippen molar-refractivity contribution in [3.05, 3.63) is 45.2 Å². The van der Waals surface area contributed by atoms with Crippen LogP contribution in [0.25, 0.3) is 5.69 Å². The highest BCUT2D eigenvalue weighted by molar-refractivity contribution is 6.35. The highest BCUT2D eigenvalue weighted by atomic mass is 35.5. The van der Waals surface area contributed by atoms with Crippen LogP contribution in [0.3, 0.4) is 0 Å². The van der Waals surface area contributed by atoms with Crippen molar-refractivity contribution in [2.75, 3.05) is 13.1 Å². The van der Waals surface area contributed by atoms with Gasteiger partial charge in [0.2, 0.25) is 5.91 Å². The predicted molar refractivity (Wildman–Crippen MR) is 101 cm³/mol. The average molecular weight is 381 g/mol. The number of carbonyl (C=O) groups is 1. The Bertz CT molecular complexity index is 782. The van der Waals surface area contributed by atoms with Crippen LogP contribution < -0.4 is 10.6 Å². The second-order valence-electron chi connectivity index (χ2n) is 6.43. The van der Waals surface area contributed by atoms with Gasteiger partial charge in [0.1, 0.15) is 0 Å². The summed E-state index contributed by atoms with van der Waals surface area (Å²) in [6.07, 6.45) is 2.28. The summed E-state index contributed by atoms with van der Waals surface area (Å²) < 4.78 is 1.78. The monoisotopic (exact) mass is 380 g/mol. The minimum Gasteiger partial charge on any atom is -0.353 e. The van der Waals surface area contributed by atoms with Gasteiger partial charge in [-0.2, -0.15) is 5.10 Å². The molecule has 0 bridgehead atoms. The fourth-order valence-corrected chi connectivity index (χ4v) is 3.71. The van der Waals surface area contributed by atoms with Crippen LogP contribution >= 0.6 is 23.2 Å². The second-order valence-corrected chi connectivity index (χ2v) is 7.27. The van der Waals surface area contributed by atoms with E-state index in [1.165, 1.54) is 0 Å². The number of piperidine rings is 1. The lowest BCUT2D eigenvalue weighted by molar-refractivity contribution is -0.121. The molecule has 1 aromatic carbocycles. The maximum atomic E-state index is 12.4. The molecule has 1 fully saturated rings. The molecule has 2 aromatic rings. The van der Waals surface area contributed by atoms with E-state index >= 15 is 0 Å². The molecule has 1 aromatic heterocycles. The third-order valence-electron chi connectivity index (χ3n) is 4.62. The van der Waals surface area contributed by atoms with E-state index in [2.05, 4.69) is 15.7 Å². The van der Waals surface area contributed by atoms with Crippen LogP contribution in [0.1, 0.15) is 29.8 Å². The minimum absolute atomic E-state index is 0.0415. The molecule has 134 valence electrons. The molecular weight excluding hydrogens is 359 g/mol. The molecule has 1 saturated heterocycles. The Morgan fingerprint density at radius 3 is 2.72 bits per heavy atom. The number of nitrogens with zero attached hydrogens (tertiary/aromatic N) is 2. The van der Waals surface area contributed by atoms with E-state index in [-0.39, 0.29) is 11.9 Å². The molecule has 0 radical (unpaired) electrons. The molecular formula is C18H22Cl2N4O. The third-order valence-corrected chi connectivity index (χ3v) is 5.16. The van der Waals surface area contributed by atoms with Gasteiger partial charge in [0, 0.05) is 22.3 Å². The lowest BCUT2D eigenvalue weighted by Crippen LogP contribution is -2.43. The van der Waals surface area contributed by atoms with Gasteiger partial charge in [-0.05, 0) is 58.0 Å². The molecule has 1 amide bonds. The highest BCUT2D eigenvalue weighted by Gasteiger charge is 2.20. The molecule has 2 N–H and O–H groups in total. The zero-order valence-electron chi connectivity index (χ0n) is 14.4. The molecule has 3 rings (SSSR count). The highest BCUT2D eigenvalue weighted by Crippen LogP contribution is 2.27. The van der Waals surface area contributed by atoms with E-state index in [4.69, 9.17) is 23.2 Å². The van der Waals surface area contributed by atoms with E-state index in [0.29, 0.717) is 16.5 Å². The standard InChI is InChI=1S/C18H22Cl2N4O/c1-11-15(10-18(25)22-14-5-7-21-8-6-14)12(2)24(23-11)17-4-3-13(19)9-16(17)20/h3-4,9,14,21H,5-8,10H2,1-2H3,(H,22,25). The van der Waals surface area contributed by atoms with E-state index in [0.717, 1.165) is 48.6 Å². The number of rotatable bonds is 4. The Hall–Kier alpha value is -1.56. The Morgan fingerprint density at radius 2 is 2.04 bits per heavy atom. The van der Waals surface area contributed by atoms with Crippen LogP contribution in [0.2, 0.25) is 10.0 Å². The summed E-state index contributed by atoms with van der Waals surface area (Å²) in [5, 5.41) is 12.1. The maximum absolute atomic E-state index is 12.4. The third kappa shape index (κ3) is 4.17. The molecule has 5 nitrogen and oxygen atoms in total. The molecule has 1 aliphatic heterocycles. The molecule has 0 aliphatic carbocycles. The molecule has 0 spiro atoms. The largest absolute Gasteiger partial charge is 0.353 e. The number of halogens is 2. The first kappa shape index (κ1) is 18.2. The first-order valence-corrected chi connectivity index (χ1v) is 9.22. The topological polar surface area (TPSA) is 59.0 Å². The summed E-state index contributed by atoms with van der Waals surface area (Å²) in [6.45, 7) is 5.78. The first-order valence-electron chi connectivity index (χ1n) is 8.46. The lowest BCUT2D eigenvalue weighted by atomic mass is 10.1. The van der Waals surface area contributed by atoms with Crippen LogP contribution in [0, 0.1) is 13.8 Å². The van der Waals surface area contributed by atoms with Crippen LogP contribution in [-0.2, 0) is 11.2 Å². The number of aromatic nitrogens is 2. The fourth-order valence-electron chi connectivity index (χ4n) is 3.22. The minimum atomic E-state index is 0.0415. The summed E-state index contributed by atoms with van der Waals surface area (Å²) in [5.74, 6) is 0.0415. The summed E-state index contributed by atoms with van der Waals surface area (Å²) in [5.41, 5.74) is 3.46. The number of hydrogen-bond donors (Lipinski definition) is 2. The number of amides is 1. The van der Waals surface area contributed by atoms with Crippen LogP contribution in [0.15, 0.2) is 18.2 Å². The Morgan fingerprint density at radius 1 is 1.32 bits per heavy atom. The number of benzene rings is 1. The summed E-state index contributed by atoms with van der Waals surface area (Å²) in [4.78, 5) is 12.4. The van der Waals surface area contributed by atoms with E-state index in [9.17, 15) is 4.79 Å². The van der Waals surface area contributed by atoms with Gasteiger partial charge in [-0.25, -0.2) is 4.68 Å². The maximum Gasteiger partial charge on any atom is 0.224 e. The van der Waals surface area contributed by atoms with E-state index in [1.54, 1.807) is 16.8 Å². The van der Waals surface area contributed by atoms with E-state index in [1.807, 2.05) is 19.9 Å². The summed E-state index contributed by atoms with van der Waals surface area (Å²) >= 11 is 12.3. The predicted octanol–water partition coefficient (Wildman–Crippen LogP) is 3.21. The van der Waals surface area contributed by atoms with Crippen molar-refractivity contribution in [1.29, 1.82) is 0 Å². The van der Waals surface area contributed by atoms with Crippen molar-refractivity contribution in [3.8, 4) is 5.69 Å². The number of aryl methyl sites for hydroxylation is 1. The molecule has 25 heavy (non-hydrogen) atoms. The summed E-state index contributed by atoms with van der Waals surface area (Å²) in [7, 11) is 0. The van der Waals surface area contributed by atoms with Crippen molar-refractivity contribution >= 4 is 29.1 Å². The number of hydrogen-bond acceptors (Lipinski definition) is 3. The molecule has 1 aliphatic rings. The van der Waals surface area contributed by atoms with Crippen LogP contribution in [-0.4, -0.2) is 34.8 Å². The average Bonchev–Trinajstić information content (AvgIpc) is 2.84. The van der Waals surface area contributed by atoms with Gasteiger partial charge < -0.3 is 10.6 Å². The smallest absolute Gasteiger partial charge is 0.224 e. The van der Waals surface area contributed by atoms with Crippen molar-refractivity contribution in [2.24, 2.45) is 0 Å². The lowest BCUT2D eigenvalue weighted by Gasteiger charge is -2.23. The number of carbonyl (C=O) groups excluding carboxylic acids is 1. The van der Waals surface area contributed by atoms with Crippen LogP contribution in [0.5, 0.6) is 0 Å². The van der Waals surface area contributed by atoms with Gasteiger partial charge in [-0.3, -0.25) is 4.79 Å². The summed E-state index contributed by atoms with van der Waals surface area (Å²) in [6, 6.07) is 5.57. The van der Waals surface area contributed by atoms with Gasteiger partial charge in [0.25, 0.3) is 0 Å². The fraction of sp³-hybridized carbons (Fsp3) is 0.444. The molecule has 0 atom stereocenters.